The minimum atomic E-state index is 0.294. The van der Waals surface area contributed by atoms with E-state index >= 15 is 0 Å². The Morgan fingerprint density at radius 1 is 1.20 bits per heavy atom. The van der Waals surface area contributed by atoms with Crippen LogP contribution in [0.4, 0.5) is 0 Å². The van der Waals surface area contributed by atoms with Gasteiger partial charge >= 0.3 is 0 Å². The third-order valence-electron chi connectivity index (χ3n) is 3.53. The van der Waals surface area contributed by atoms with Gasteiger partial charge in [-0.25, -0.2) is 4.98 Å². The number of nitrogens with one attached hydrogen (secondary N) is 1. The summed E-state index contributed by atoms with van der Waals surface area (Å²) < 4.78 is 5.60. The van der Waals surface area contributed by atoms with Crippen molar-refractivity contribution < 1.29 is 4.42 Å². The molecule has 0 aliphatic rings. The molecule has 2 rings (SSSR count). The molecule has 1 heterocycles. The topological polar surface area (TPSA) is 38.1 Å². The van der Waals surface area contributed by atoms with Gasteiger partial charge < -0.3 is 9.73 Å². The van der Waals surface area contributed by atoms with Crippen molar-refractivity contribution in [2.24, 2.45) is 0 Å². The molecule has 3 heteroatoms. The highest BCUT2D eigenvalue weighted by Gasteiger charge is 2.07. The monoisotopic (exact) mass is 272 g/mol. The van der Waals surface area contributed by atoms with Gasteiger partial charge in [0, 0.05) is 12.5 Å². The van der Waals surface area contributed by atoms with Gasteiger partial charge in [-0.15, -0.1) is 0 Å². The Morgan fingerprint density at radius 3 is 2.55 bits per heavy atom. The van der Waals surface area contributed by atoms with Crippen LogP contribution < -0.4 is 5.32 Å². The van der Waals surface area contributed by atoms with Gasteiger partial charge in [-0.3, -0.25) is 0 Å². The molecular weight excluding hydrogens is 248 g/mol. The zero-order chi connectivity index (χ0) is 14.4. The summed E-state index contributed by atoms with van der Waals surface area (Å²) in [5.41, 5.74) is 2.70. The van der Waals surface area contributed by atoms with E-state index in [0.29, 0.717) is 12.6 Å². The summed E-state index contributed by atoms with van der Waals surface area (Å²) in [6, 6.07) is 9.14. The standard InChI is InChI=1S/C17H24N2O/c1-4-6-14-7-9-15(10-8-14)13(3)18-12-17-19-11-16(5-2)20-17/h7-11,13,18H,4-6,12H2,1-3H3. The number of hydrogen-bond donors (Lipinski definition) is 1. The van der Waals surface area contributed by atoms with Gasteiger partial charge in [0.2, 0.25) is 5.89 Å². The summed E-state index contributed by atoms with van der Waals surface area (Å²) in [5.74, 6) is 1.70. The molecule has 3 nitrogen and oxygen atoms in total. The first-order valence-corrected chi connectivity index (χ1v) is 7.48. The molecule has 1 aromatic heterocycles. The maximum Gasteiger partial charge on any atom is 0.208 e. The third-order valence-corrected chi connectivity index (χ3v) is 3.53. The first-order chi connectivity index (χ1) is 9.72. The Morgan fingerprint density at radius 2 is 1.95 bits per heavy atom. The highest BCUT2D eigenvalue weighted by atomic mass is 16.4. The van der Waals surface area contributed by atoms with Crippen LogP contribution in [0.15, 0.2) is 34.9 Å². The van der Waals surface area contributed by atoms with Crippen LogP contribution in [0, 0.1) is 0 Å². The first kappa shape index (κ1) is 14.8. The fourth-order valence-corrected chi connectivity index (χ4v) is 2.21. The van der Waals surface area contributed by atoms with Crippen LogP contribution in [0.5, 0.6) is 0 Å². The number of hydrogen-bond acceptors (Lipinski definition) is 3. The van der Waals surface area contributed by atoms with E-state index in [1.165, 1.54) is 17.5 Å². The fraction of sp³-hybridized carbons (Fsp3) is 0.471. The van der Waals surface area contributed by atoms with E-state index in [2.05, 4.69) is 55.3 Å². The van der Waals surface area contributed by atoms with Crippen LogP contribution in [-0.4, -0.2) is 4.98 Å². The molecule has 2 aromatic rings. The van der Waals surface area contributed by atoms with Crippen molar-refractivity contribution >= 4 is 0 Å². The predicted octanol–water partition coefficient (Wildman–Crippen LogP) is 4.04. The Kier molecular flexibility index (Phi) is 5.36. The summed E-state index contributed by atoms with van der Waals surface area (Å²) in [6.07, 6.45) is 5.04. The van der Waals surface area contributed by atoms with E-state index in [4.69, 9.17) is 4.42 Å². The van der Waals surface area contributed by atoms with Crippen molar-refractivity contribution in [1.29, 1.82) is 0 Å². The highest BCUT2D eigenvalue weighted by Crippen LogP contribution is 2.15. The first-order valence-electron chi connectivity index (χ1n) is 7.48. The molecule has 1 atom stereocenters. The van der Waals surface area contributed by atoms with Crippen LogP contribution in [0.25, 0.3) is 0 Å². The quantitative estimate of drug-likeness (QED) is 0.826. The van der Waals surface area contributed by atoms with Crippen LogP contribution in [0.2, 0.25) is 0 Å². The number of nitrogens with zero attached hydrogens (tertiary/aromatic N) is 1. The number of aryl methyl sites for hydroxylation is 2. The second-order valence-corrected chi connectivity index (χ2v) is 5.17. The molecule has 108 valence electrons. The lowest BCUT2D eigenvalue weighted by atomic mass is 10.0. The SMILES string of the molecule is CCCc1ccc(C(C)NCc2ncc(CC)o2)cc1. The molecule has 0 bridgehead atoms. The lowest BCUT2D eigenvalue weighted by molar-refractivity contribution is 0.424. The van der Waals surface area contributed by atoms with E-state index in [0.717, 1.165) is 24.5 Å². The lowest BCUT2D eigenvalue weighted by Gasteiger charge is -2.13. The summed E-state index contributed by atoms with van der Waals surface area (Å²) in [5, 5.41) is 3.45. The Hall–Kier alpha value is -1.61. The Balaban J connectivity index is 1.89. The molecular formula is C17H24N2O. The van der Waals surface area contributed by atoms with Gasteiger partial charge in [0.15, 0.2) is 0 Å². The minimum Gasteiger partial charge on any atom is -0.444 e. The van der Waals surface area contributed by atoms with Crippen molar-refractivity contribution in [2.45, 2.75) is 52.6 Å². The van der Waals surface area contributed by atoms with E-state index in [-0.39, 0.29) is 0 Å². The summed E-state index contributed by atoms with van der Waals surface area (Å²) >= 11 is 0. The molecule has 0 fully saturated rings. The fourth-order valence-electron chi connectivity index (χ4n) is 2.21. The number of oxazole rings is 1. The molecule has 1 N–H and O–H groups in total. The lowest BCUT2D eigenvalue weighted by Crippen LogP contribution is -2.18. The van der Waals surface area contributed by atoms with Crippen LogP contribution in [0.3, 0.4) is 0 Å². The second kappa shape index (κ2) is 7.25. The molecule has 0 saturated heterocycles. The average Bonchev–Trinajstić information content (AvgIpc) is 2.94. The maximum absolute atomic E-state index is 5.60. The van der Waals surface area contributed by atoms with Gasteiger partial charge in [0.25, 0.3) is 0 Å². The van der Waals surface area contributed by atoms with Crippen LogP contribution in [-0.2, 0) is 19.4 Å². The van der Waals surface area contributed by atoms with E-state index in [9.17, 15) is 0 Å². The molecule has 0 amide bonds. The van der Waals surface area contributed by atoms with Crippen molar-refractivity contribution in [2.75, 3.05) is 0 Å². The molecule has 1 aromatic carbocycles. The number of aromatic nitrogens is 1. The number of rotatable bonds is 7. The van der Waals surface area contributed by atoms with Crippen molar-refractivity contribution in [1.82, 2.24) is 10.3 Å². The van der Waals surface area contributed by atoms with Gasteiger partial charge in [-0.05, 0) is 24.5 Å². The average molecular weight is 272 g/mol. The summed E-state index contributed by atoms with van der Waals surface area (Å²) in [7, 11) is 0. The van der Waals surface area contributed by atoms with Crippen LogP contribution >= 0.6 is 0 Å². The highest BCUT2D eigenvalue weighted by molar-refractivity contribution is 5.24. The largest absolute Gasteiger partial charge is 0.444 e. The second-order valence-electron chi connectivity index (χ2n) is 5.17. The molecule has 1 unspecified atom stereocenters. The zero-order valence-corrected chi connectivity index (χ0v) is 12.6. The van der Waals surface area contributed by atoms with E-state index < -0.39 is 0 Å². The van der Waals surface area contributed by atoms with Crippen molar-refractivity contribution in [3.8, 4) is 0 Å². The summed E-state index contributed by atoms with van der Waals surface area (Å²) in [4.78, 5) is 4.26. The van der Waals surface area contributed by atoms with Gasteiger partial charge in [-0.1, -0.05) is 44.5 Å². The minimum absolute atomic E-state index is 0.294. The molecule has 0 aliphatic heterocycles. The molecule has 0 aliphatic carbocycles. The molecule has 20 heavy (non-hydrogen) atoms. The van der Waals surface area contributed by atoms with Gasteiger partial charge in [0.05, 0.1) is 12.7 Å². The Bertz CT molecular complexity index is 516. The van der Waals surface area contributed by atoms with Gasteiger partial charge in [-0.2, -0.15) is 0 Å². The zero-order valence-electron chi connectivity index (χ0n) is 12.6. The van der Waals surface area contributed by atoms with Crippen molar-refractivity contribution in [3.05, 3.63) is 53.2 Å². The van der Waals surface area contributed by atoms with E-state index in [1.807, 2.05) is 0 Å². The maximum atomic E-state index is 5.60. The smallest absolute Gasteiger partial charge is 0.208 e. The Labute approximate surface area is 121 Å². The molecule has 0 saturated carbocycles. The van der Waals surface area contributed by atoms with Gasteiger partial charge in [0.1, 0.15) is 5.76 Å². The number of benzene rings is 1. The third kappa shape index (κ3) is 3.94. The summed E-state index contributed by atoms with van der Waals surface area (Å²) in [6.45, 7) is 7.10. The molecule has 0 spiro atoms. The van der Waals surface area contributed by atoms with Crippen LogP contribution in [0.1, 0.15) is 56.0 Å². The van der Waals surface area contributed by atoms with E-state index in [1.54, 1.807) is 6.20 Å². The van der Waals surface area contributed by atoms with Crippen molar-refractivity contribution in [3.63, 3.8) is 0 Å². The predicted molar refractivity (Wildman–Crippen MR) is 81.6 cm³/mol. The normalized spacial score (nSPS) is 12.6. The molecule has 0 radical (unpaired) electrons.